The number of hydrogen-bond donors (Lipinski definition) is 0. The highest BCUT2D eigenvalue weighted by atomic mass is 31.2. The van der Waals surface area contributed by atoms with E-state index in [2.05, 4.69) is 4.98 Å². The van der Waals surface area contributed by atoms with Gasteiger partial charge in [-0.1, -0.05) is 72.8 Å². The molecule has 26 heavy (non-hydrogen) atoms. The van der Waals surface area contributed by atoms with E-state index in [9.17, 15) is 4.57 Å². The minimum absolute atomic E-state index is 0.346. The van der Waals surface area contributed by atoms with Gasteiger partial charge in [0.05, 0.1) is 5.30 Å². The van der Waals surface area contributed by atoms with Crippen molar-refractivity contribution in [3.05, 3.63) is 91.1 Å². The van der Waals surface area contributed by atoms with Crippen molar-refractivity contribution in [2.24, 2.45) is 0 Å². The topological polar surface area (TPSA) is 39.2 Å². The van der Waals surface area contributed by atoms with Crippen LogP contribution >= 0.6 is 7.14 Å². The minimum atomic E-state index is -3.18. The van der Waals surface area contributed by atoms with Gasteiger partial charge in [-0.25, -0.2) is 0 Å². The van der Waals surface area contributed by atoms with Gasteiger partial charge in [-0.3, -0.25) is 4.98 Å². The van der Waals surface area contributed by atoms with E-state index < -0.39 is 7.14 Å². The molecule has 0 bridgehead atoms. The standard InChI is InChI=1S/C21H15BNO2P/c22-25-21-19(14-13-16-8-7-15-23-20(16)21)26(24,17-9-3-1-4-10-17)18-11-5-2-6-12-18/h1-15H. The van der Waals surface area contributed by atoms with Crippen LogP contribution in [0.5, 0.6) is 5.75 Å². The molecule has 0 saturated heterocycles. The summed E-state index contributed by atoms with van der Waals surface area (Å²) in [6.45, 7) is 0. The molecule has 0 saturated carbocycles. The van der Waals surface area contributed by atoms with Gasteiger partial charge < -0.3 is 9.22 Å². The lowest BCUT2D eigenvalue weighted by Gasteiger charge is -2.23. The number of pyridine rings is 1. The van der Waals surface area contributed by atoms with E-state index in [4.69, 9.17) is 12.7 Å². The Balaban J connectivity index is 2.09. The third kappa shape index (κ3) is 2.63. The Bertz CT molecular complexity index is 1060. The molecule has 4 rings (SSSR count). The molecule has 2 radical (unpaired) electrons. The van der Waals surface area contributed by atoms with Gasteiger partial charge in [-0.15, -0.1) is 0 Å². The number of hydrogen-bond acceptors (Lipinski definition) is 3. The van der Waals surface area contributed by atoms with Crippen molar-refractivity contribution in [1.29, 1.82) is 0 Å². The SMILES string of the molecule is [B]Oc1c(P(=O)(c2ccccc2)c2ccccc2)ccc2cccnc12. The second-order valence-corrected chi connectivity index (χ2v) is 8.62. The first kappa shape index (κ1) is 16.6. The largest absolute Gasteiger partial charge is 0.566 e. The maximum Gasteiger partial charge on any atom is 0.374 e. The monoisotopic (exact) mass is 355 g/mol. The third-order valence-corrected chi connectivity index (χ3v) is 7.49. The number of nitrogens with zero attached hydrogens (tertiary/aromatic N) is 1. The zero-order chi connectivity index (χ0) is 18.0. The number of aromatic nitrogens is 1. The van der Waals surface area contributed by atoms with Gasteiger partial charge in [-0.05, 0) is 12.1 Å². The molecule has 0 atom stereocenters. The summed E-state index contributed by atoms with van der Waals surface area (Å²) in [5.74, 6) is 0.346. The molecule has 0 fully saturated rings. The first-order valence-corrected chi connectivity index (χ1v) is 9.92. The second-order valence-electron chi connectivity index (χ2n) is 5.89. The summed E-state index contributed by atoms with van der Waals surface area (Å²) in [6.07, 6.45) is 1.67. The summed E-state index contributed by atoms with van der Waals surface area (Å²) >= 11 is 0. The fourth-order valence-corrected chi connectivity index (χ4v) is 5.94. The van der Waals surface area contributed by atoms with E-state index in [1.807, 2.05) is 84.9 Å². The normalized spacial score (nSPS) is 11.4. The van der Waals surface area contributed by atoms with E-state index in [1.165, 1.54) is 0 Å². The van der Waals surface area contributed by atoms with Crippen LogP contribution in [0, 0.1) is 0 Å². The first-order valence-electron chi connectivity index (χ1n) is 8.21. The molecule has 0 unspecified atom stereocenters. The molecule has 0 aliphatic carbocycles. The average Bonchev–Trinajstić information content (AvgIpc) is 2.73. The molecule has 1 aromatic heterocycles. The van der Waals surface area contributed by atoms with Gasteiger partial charge >= 0.3 is 8.05 Å². The van der Waals surface area contributed by atoms with Gasteiger partial charge in [-0.2, -0.15) is 0 Å². The fraction of sp³-hybridized carbons (Fsp3) is 0. The molecule has 3 aromatic carbocycles. The van der Waals surface area contributed by atoms with Crippen LogP contribution in [0.15, 0.2) is 91.1 Å². The van der Waals surface area contributed by atoms with Crippen molar-refractivity contribution in [1.82, 2.24) is 4.98 Å². The van der Waals surface area contributed by atoms with Crippen molar-refractivity contribution < 1.29 is 9.22 Å². The Morgan fingerprint density at radius 2 is 1.38 bits per heavy atom. The van der Waals surface area contributed by atoms with Crippen LogP contribution in [0.2, 0.25) is 0 Å². The fourth-order valence-electron chi connectivity index (χ4n) is 3.17. The molecule has 0 spiro atoms. The maximum atomic E-state index is 14.5. The summed E-state index contributed by atoms with van der Waals surface area (Å²) < 4.78 is 19.7. The van der Waals surface area contributed by atoms with Crippen LogP contribution < -0.4 is 20.6 Å². The van der Waals surface area contributed by atoms with Crippen molar-refractivity contribution in [3.63, 3.8) is 0 Å². The van der Waals surface area contributed by atoms with Crippen molar-refractivity contribution in [2.45, 2.75) is 0 Å². The maximum absolute atomic E-state index is 14.5. The Kier molecular flexibility index (Phi) is 4.36. The highest BCUT2D eigenvalue weighted by molar-refractivity contribution is 7.85. The molecule has 3 nitrogen and oxygen atoms in total. The minimum Gasteiger partial charge on any atom is -0.566 e. The molecular weight excluding hydrogens is 340 g/mol. The van der Waals surface area contributed by atoms with Crippen LogP contribution in [0.1, 0.15) is 0 Å². The number of rotatable bonds is 4. The van der Waals surface area contributed by atoms with E-state index in [0.29, 0.717) is 16.6 Å². The number of fused-ring (bicyclic) bond motifs is 1. The van der Waals surface area contributed by atoms with Crippen molar-refractivity contribution in [2.75, 3.05) is 0 Å². The lowest BCUT2D eigenvalue weighted by molar-refractivity contribution is 0.589. The van der Waals surface area contributed by atoms with Crippen molar-refractivity contribution >= 4 is 42.0 Å². The third-order valence-electron chi connectivity index (χ3n) is 4.40. The molecule has 5 heteroatoms. The summed E-state index contributed by atoms with van der Waals surface area (Å²) in [7, 11) is 2.43. The lowest BCUT2D eigenvalue weighted by Crippen LogP contribution is -2.26. The highest BCUT2D eigenvalue weighted by Crippen LogP contribution is 2.46. The molecule has 0 aliphatic heterocycles. The molecule has 0 aliphatic rings. The van der Waals surface area contributed by atoms with Crippen LogP contribution in [0.3, 0.4) is 0 Å². The van der Waals surface area contributed by atoms with E-state index >= 15 is 0 Å². The van der Waals surface area contributed by atoms with Gasteiger partial charge in [0.1, 0.15) is 11.3 Å². The first-order chi connectivity index (χ1) is 12.7. The number of benzene rings is 3. The van der Waals surface area contributed by atoms with Crippen LogP contribution in [-0.2, 0) is 4.57 Å². The second kappa shape index (κ2) is 6.82. The zero-order valence-electron chi connectivity index (χ0n) is 13.9. The Morgan fingerprint density at radius 1 is 0.769 bits per heavy atom. The van der Waals surface area contributed by atoms with E-state index in [1.54, 1.807) is 6.20 Å². The van der Waals surface area contributed by atoms with Gasteiger partial charge in [0.15, 0.2) is 7.14 Å². The molecular formula is C21H15BNO2P. The molecule has 0 amide bonds. The quantitative estimate of drug-likeness (QED) is 0.416. The summed E-state index contributed by atoms with van der Waals surface area (Å²) in [4.78, 5) is 4.39. The lowest BCUT2D eigenvalue weighted by atomic mass is 10.2. The average molecular weight is 355 g/mol. The summed E-state index contributed by atoms with van der Waals surface area (Å²) in [5.41, 5.74) is 0.597. The molecule has 0 N–H and O–H groups in total. The van der Waals surface area contributed by atoms with Crippen LogP contribution in [-0.4, -0.2) is 13.0 Å². The van der Waals surface area contributed by atoms with E-state index in [-0.39, 0.29) is 0 Å². The Labute approximate surface area is 153 Å². The molecule has 4 aromatic rings. The highest BCUT2D eigenvalue weighted by Gasteiger charge is 2.33. The van der Waals surface area contributed by atoms with Gasteiger partial charge in [0.25, 0.3) is 0 Å². The van der Waals surface area contributed by atoms with E-state index in [0.717, 1.165) is 16.0 Å². The van der Waals surface area contributed by atoms with Crippen molar-refractivity contribution in [3.8, 4) is 5.75 Å². The zero-order valence-corrected chi connectivity index (χ0v) is 14.8. The predicted octanol–water partition coefficient (Wildman–Crippen LogP) is 3.34. The van der Waals surface area contributed by atoms with Gasteiger partial charge in [0.2, 0.25) is 0 Å². The smallest absolute Gasteiger partial charge is 0.374 e. The van der Waals surface area contributed by atoms with Crippen LogP contribution in [0.4, 0.5) is 0 Å². The Morgan fingerprint density at radius 3 is 1.96 bits per heavy atom. The Hall–Kier alpha value is -2.84. The molecule has 1 heterocycles. The molecule has 124 valence electrons. The predicted molar refractivity (Wildman–Crippen MR) is 108 cm³/mol. The summed E-state index contributed by atoms with van der Waals surface area (Å²) in [5, 5.41) is 2.87. The van der Waals surface area contributed by atoms with Gasteiger partial charge in [0, 0.05) is 22.2 Å². The summed E-state index contributed by atoms with van der Waals surface area (Å²) in [6, 6.07) is 26.3. The van der Waals surface area contributed by atoms with Crippen LogP contribution in [0.25, 0.3) is 10.9 Å².